The Morgan fingerprint density at radius 1 is 0.697 bits per heavy atom. The van der Waals surface area contributed by atoms with Crippen LogP contribution in [0, 0.1) is 0 Å². The van der Waals surface area contributed by atoms with Crippen LogP contribution in [0.4, 0.5) is 11.4 Å². The van der Waals surface area contributed by atoms with Crippen LogP contribution in [-0.2, 0) is 0 Å². The van der Waals surface area contributed by atoms with Crippen molar-refractivity contribution < 1.29 is 9.59 Å². The molecule has 5 aromatic rings. The highest BCUT2D eigenvalue weighted by molar-refractivity contribution is 6.06. The Kier molecular flexibility index (Phi) is 5.39. The molecule has 2 aromatic heterocycles. The highest BCUT2D eigenvalue weighted by atomic mass is 16.2. The fourth-order valence-corrected chi connectivity index (χ4v) is 3.58. The fraction of sp³-hybridized carbons (Fsp3) is 0. The topological polar surface area (TPSA) is 86.9 Å². The number of carbonyl (C=O) groups is 2. The molecule has 160 valence electrons. The predicted molar refractivity (Wildman–Crippen MR) is 130 cm³/mol. The third-order valence-electron chi connectivity index (χ3n) is 5.27. The Bertz CT molecular complexity index is 1430. The molecule has 0 atom stereocenters. The van der Waals surface area contributed by atoms with Crippen molar-refractivity contribution in [2.75, 3.05) is 10.6 Å². The van der Waals surface area contributed by atoms with Crippen LogP contribution in [0.3, 0.4) is 0 Å². The van der Waals surface area contributed by atoms with E-state index in [-0.39, 0.29) is 11.8 Å². The number of para-hydroxylation sites is 1. The standard InChI is InChI=1S/C27H20N4O2/c32-26(29-21-6-2-1-3-7-21)19-11-14-23-20(16-19)17-25(31-23)18-9-12-22(13-10-18)30-27(33)24-8-4-5-15-28-24/h1-17,31H,(H,29,32)(H,30,33). The molecule has 0 spiro atoms. The largest absolute Gasteiger partial charge is 0.355 e. The molecule has 0 bridgehead atoms. The zero-order valence-electron chi connectivity index (χ0n) is 17.6. The van der Waals surface area contributed by atoms with E-state index in [0.29, 0.717) is 16.9 Å². The minimum atomic E-state index is -0.254. The molecule has 0 radical (unpaired) electrons. The second-order valence-electron chi connectivity index (χ2n) is 7.55. The summed E-state index contributed by atoms with van der Waals surface area (Å²) in [6.45, 7) is 0. The summed E-state index contributed by atoms with van der Waals surface area (Å²) in [6.07, 6.45) is 1.59. The number of hydrogen-bond donors (Lipinski definition) is 3. The fourth-order valence-electron chi connectivity index (χ4n) is 3.58. The summed E-state index contributed by atoms with van der Waals surface area (Å²) in [7, 11) is 0. The van der Waals surface area contributed by atoms with Gasteiger partial charge in [-0.1, -0.05) is 36.4 Å². The number of H-pyrrole nitrogens is 1. The molecule has 6 heteroatoms. The average Bonchev–Trinajstić information content (AvgIpc) is 3.29. The van der Waals surface area contributed by atoms with Crippen LogP contribution in [0.5, 0.6) is 0 Å². The van der Waals surface area contributed by atoms with Crippen molar-refractivity contribution in [2.45, 2.75) is 0 Å². The number of rotatable bonds is 5. The van der Waals surface area contributed by atoms with Crippen LogP contribution >= 0.6 is 0 Å². The zero-order valence-corrected chi connectivity index (χ0v) is 17.6. The minimum Gasteiger partial charge on any atom is -0.355 e. The van der Waals surface area contributed by atoms with E-state index in [1.165, 1.54) is 0 Å². The summed E-state index contributed by atoms with van der Waals surface area (Å²) in [4.78, 5) is 32.3. The number of aromatic nitrogens is 2. The third kappa shape index (κ3) is 4.50. The van der Waals surface area contributed by atoms with Gasteiger partial charge in [-0.15, -0.1) is 0 Å². The maximum Gasteiger partial charge on any atom is 0.274 e. The van der Waals surface area contributed by atoms with Crippen LogP contribution in [0.25, 0.3) is 22.2 Å². The number of fused-ring (bicyclic) bond motifs is 1. The first kappa shape index (κ1) is 20.2. The molecule has 2 heterocycles. The Balaban J connectivity index is 1.32. The molecule has 2 amide bonds. The van der Waals surface area contributed by atoms with E-state index in [1.807, 2.05) is 72.8 Å². The van der Waals surface area contributed by atoms with Gasteiger partial charge in [0.15, 0.2) is 0 Å². The number of benzene rings is 3. The lowest BCUT2D eigenvalue weighted by Crippen LogP contribution is -2.13. The molecule has 3 aromatic carbocycles. The number of pyridine rings is 1. The van der Waals surface area contributed by atoms with Crippen molar-refractivity contribution >= 4 is 34.1 Å². The predicted octanol–water partition coefficient (Wildman–Crippen LogP) is 5.73. The quantitative estimate of drug-likeness (QED) is 0.331. The van der Waals surface area contributed by atoms with Gasteiger partial charge in [-0.2, -0.15) is 0 Å². The maximum absolute atomic E-state index is 12.6. The Morgan fingerprint density at radius 3 is 2.18 bits per heavy atom. The molecule has 0 saturated carbocycles. The number of nitrogens with zero attached hydrogens (tertiary/aromatic N) is 1. The van der Waals surface area contributed by atoms with Gasteiger partial charge in [-0.3, -0.25) is 14.6 Å². The first-order valence-corrected chi connectivity index (χ1v) is 10.5. The SMILES string of the molecule is O=C(Nc1ccccc1)c1ccc2[nH]c(-c3ccc(NC(=O)c4ccccn4)cc3)cc2c1. The molecular weight excluding hydrogens is 412 g/mol. The van der Waals surface area contributed by atoms with Crippen molar-refractivity contribution in [3.05, 3.63) is 115 Å². The van der Waals surface area contributed by atoms with E-state index in [1.54, 1.807) is 30.5 Å². The second kappa shape index (κ2) is 8.80. The van der Waals surface area contributed by atoms with Crippen LogP contribution < -0.4 is 10.6 Å². The molecule has 0 aliphatic heterocycles. The first-order valence-electron chi connectivity index (χ1n) is 10.5. The Hall–Kier alpha value is -4.71. The third-order valence-corrected chi connectivity index (χ3v) is 5.27. The minimum absolute atomic E-state index is 0.154. The van der Waals surface area contributed by atoms with E-state index in [9.17, 15) is 9.59 Å². The van der Waals surface area contributed by atoms with Crippen molar-refractivity contribution in [2.24, 2.45) is 0 Å². The lowest BCUT2D eigenvalue weighted by molar-refractivity contribution is 0.101. The summed E-state index contributed by atoms with van der Waals surface area (Å²) >= 11 is 0. The normalized spacial score (nSPS) is 10.7. The maximum atomic E-state index is 12.6. The van der Waals surface area contributed by atoms with Gasteiger partial charge in [-0.25, -0.2) is 0 Å². The lowest BCUT2D eigenvalue weighted by atomic mass is 10.1. The molecule has 5 rings (SSSR count). The number of hydrogen-bond acceptors (Lipinski definition) is 3. The molecule has 0 aliphatic rings. The first-order chi connectivity index (χ1) is 16.2. The number of aromatic amines is 1. The molecule has 6 nitrogen and oxygen atoms in total. The molecule has 0 unspecified atom stereocenters. The molecular formula is C27H20N4O2. The number of carbonyl (C=O) groups excluding carboxylic acids is 2. The summed E-state index contributed by atoms with van der Waals surface area (Å²) in [5.41, 5.74) is 5.23. The van der Waals surface area contributed by atoms with Gasteiger partial charge in [0, 0.05) is 39.7 Å². The lowest BCUT2D eigenvalue weighted by Gasteiger charge is -2.05. The van der Waals surface area contributed by atoms with Crippen LogP contribution in [0.2, 0.25) is 0 Å². The molecule has 0 aliphatic carbocycles. The highest BCUT2D eigenvalue weighted by Gasteiger charge is 2.10. The van der Waals surface area contributed by atoms with Crippen molar-refractivity contribution in [3.63, 3.8) is 0 Å². The molecule has 0 saturated heterocycles. The molecule has 33 heavy (non-hydrogen) atoms. The number of anilines is 2. The molecule has 0 fully saturated rings. The van der Waals surface area contributed by atoms with E-state index in [2.05, 4.69) is 20.6 Å². The number of amides is 2. The smallest absolute Gasteiger partial charge is 0.274 e. The van der Waals surface area contributed by atoms with Crippen molar-refractivity contribution in [3.8, 4) is 11.3 Å². The van der Waals surface area contributed by atoms with Crippen LogP contribution in [0.15, 0.2) is 103 Å². The monoisotopic (exact) mass is 432 g/mol. The highest BCUT2D eigenvalue weighted by Crippen LogP contribution is 2.26. The van der Waals surface area contributed by atoms with Crippen LogP contribution in [-0.4, -0.2) is 21.8 Å². The van der Waals surface area contributed by atoms with E-state index in [0.717, 1.165) is 27.8 Å². The van der Waals surface area contributed by atoms with Crippen molar-refractivity contribution in [1.82, 2.24) is 9.97 Å². The van der Waals surface area contributed by atoms with Gasteiger partial charge >= 0.3 is 0 Å². The van der Waals surface area contributed by atoms with Gasteiger partial charge in [-0.05, 0) is 66.2 Å². The van der Waals surface area contributed by atoms with Gasteiger partial charge in [0.1, 0.15) is 5.69 Å². The molecule has 3 N–H and O–H groups in total. The van der Waals surface area contributed by atoms with Gasteiger partial charge in [0.25, 0.3) is 11.8 Å². The summed E-state index contributed by atoms with van der Waals surface area (Å²) in [6, 6.07) is 29.7. The van der Waals surface area contributed by atoms with E-state index >= 15 is 0 Å². The average molecular weight is 432 g/mol. The Morgan fingerprint density at radius 2 is 1.42 bits per heavy atom. The van der Waals surface area contributed by atoms with E-state index in [4.69, 9.17) is 0 Å². The summed E-state index contributed by atoms with van der Waals surface area (Å²) < 4.78 is 0. The van der Waals surface area contributed by atoms with Gasteiger partial charge < -0.3 is 15.6 Å². The summed E-state index contributed by atoms with van der Waals surface area (Å²) in [5, 5.41) is 6.70. The van der Waals surface area contributed by atoms with Gasteiger partial charge in [0.2, 0.25) is 0 Å². The number of nitrogens with one attached hydrogen (secondary N) is 3. The second-order valence-corrected chi connectivity index (χ2v) is 7.55. The summed E-state index contributed by atoms with van der Waals surface area (Å²) in [5.74, 6) is -0.408. The Labute approximate surface area is 190 Å². The zero-order chi connectivity index (χ0) is 22.6. The van der Waals surface area contributed by atoms with E-state index < -0.39 is 0 Å². The van der Waals surface area contributed by atoms with Gasteiger partial charge in [0.05, 0.1) is 0 Å². The van der Waals surface area contributed by atoms with Crippen LogP contribution in [0.1, 0.15) is 20.8 Å². The van der Waals surface area contributed by atoms with Crippen molar-refractivity contribution in [1.29, 1.82) is 0 Å².